The Kier molecular flexibility index (Phi) is 3.37. The molecule has 0 heterocycles. The van der Waals surface area contributed by atoms with Crippen LogP contribution in [-0.4, -0.2) is 17.3 Å². The van der Waals surface area contributed by atoms with Crippen LogP contribution in [-0.2, 0) is 11.2 Å². The number of primary amides is 1. The van der Waals surface area contributed by atoms with Crippen molar-refractivity contribution < 1.29 is 14.6 Å². The van der Waals surface area contributed by atoms with E-state index in [2.05, 4.69) is 0 Å². The first-order valence-electron chi connectivity index (χ1n) is 5.73. The Morgan fingerprint density at radius 1 is 1.33 bits per heavy atom. The van der Waals surface area contributed by atoms with Crippen LogP contribution in [0.25, 0.3) is 10.8 Å². The number of aromatic hydroxyl groups is 1. The van der Waals surface area contributed by atoms with Crippen molar-refractivity contribution in [3.63, 3.8) is 0 Å². The highest BCUT2D eigenvalue weighted by Gasteiger charge is 2.13. The lowest BCUT2D eigenvalue weighted by Gasteiger charge is -2.14. The van der Waals surface area contributed by atoms with Crippen molar-refractivity contribution in [1.82, 2.24) is 0 Å². The van der Waals surface area contributed by atoms with Gasteiger partial charge in [0.05, 0.1) is 0 Å². The number of fused-ring (bicyclic) bond motifs is 1. The second-order valence-corrected chi connectivity index (χ2v) is 4.24. The third kappa shape index (κ3) is 2.53. The molecule has 0 aliphatic rings. The Morgan fingerprint density at radius 2 is 2.06 bits per heavy atom. The summed E-state index contributed by atoms with van der Waals surface area (Å²) in [6, 6.07) is 11.2. The van der Waals surface area contributed by atoms with Crippen molar-refractivity contribution in [3.8, 4) is 5.75 Å². The zero-order chi connectivity index (χ0) is 13.1. The minimum Gasteiger partial charge on any atom is -0.508 e. The van der Waals surface area contributed by atoms with Gasteiger partial charge in [0.1, 0.15) is 11.9 Å². The van der Waals surface area contributed by atoms with Crippen LogP contribution in [0.1, 0.15) is 12.5 Å². The summed E-state index contributed by atoms with van der Waals surface area (Å²) in [5.41, 5.74) is 5.74. The second kappa shape index (κ2) is 4.96. The Balaban J connectivity index is 2.37. The molecule has 2 rings (SSSR count). The highest BCUT2D eigenvalue weighted by atomic mass is 16.6. The minimum atomic E-state index is -0.803. The maximum atomic E-state index is 10.7. The lowest BCUT2D eigenvalue weighted by molar-refractivity contribution is 0.116. The number of amides is 1. The van der Waals surface area contributed by atoms with Crippen molar-refractivity contribution >= 4 is 16.9 Å². The largest absolute Gasteiger partial charge is 0.508 e. The van der Waals surface area contributed by atoms with E-state index in [4.69, 9.17) is 10.5 Å². The fraction of sp³-hybridized carbons (Fsp3) is 0.214. The van der Waals surface area contributed by atoms with E-state index < -0.39 is 6.09 Å². The number of benzene rings is 2. The zero-order valence-electron chi connectivity index (χ0n) is 10.1. The molecule has 18 heavy (non-hydrogen) atoms. The lowest BCUT2D eigenvalue weighted by atomic mass is 9.99. The molecule has 0 radical (unpaired) electrons. The normalized spacial score (nSPS) is 12.3. The molecule has 0 aliphatic carbocycles. The zero-order valence-corrected chi connectivity index (χ0v) is 10.1. The number of rotatable bonds is 3. The van der Waals surface area contributed by atoms with E-state index in [9.17, 15) is 9.90 Å². The van der Waals surface area contributed by atoms with E-state index in [0.29, 0.717) is 6.42 Å². The molecule has 0 aromatic heterocycles. The van der Waals surface area contributed by atoms with Gasteiger partial charge >= 0.3 is 6.09 Å². The fourth-order valence-corrected chi connectivity index (χ4v) is 2.07. The summed E-state index contributed by atoms with van der Waals surface area (Å²) in [5.74, 6) is 0.202. The summed E-state index contributed by atoms with van der Waals surface area (Å²) in [5, 5.41) is 11.9. The molecule has 2 aromatic carbocycles. The third-order valence-corrected chi connectivity index (χ3v) is 2.82. The molecule has 94 valence electrons. The van der Waals surface area contributed by atoms with Crippen LogP contribution < -0.4 is 5.73 Å². The molecule has 1 atom stereocenters. The quantitative estimate of drug-likeness (QED) is 0.872. The Labute approximate surface area is 105 Å². The van der Waals surface area contributed by atoms with Crippen LogP contribution in [0.5, 0.6) is 5.75 Å². The predicted octanol–water partition coefficient (Wildman–Crippen LogP) is 2.57. The van der Waals surface area contributed by atoms with Crippen LogP contribution in [0.3, 0.4) is 0 Å². The molecule has 0 saturated carbocycles. The number of nitrogens with two attached hydrogens (primary N) is 1. The molecular weight excluding hydrogens is 230 g/mol. The number of hydrogen-bond acceptors (Lipinski definition) is 3. The molecular formula is C14H15NO3. The van der Waals surface area contributed by atoms with Gasteiger partial charge in [-0.2, -0.15) is 0 Å². The Hall–Kier alpha value is -2.23. The van der Waals surface area contributed by atoms with Gasteiger partial charge in [-0.1, -0.05) is 30.3 Å². The second-order valence-electron chi connectivity index (χ2n) is 4.24. The number of carbonyl (C=O) groups excluding carboxylic acids is 1. The third-order valence-electron chi connectivity index (χ3n) is 2.82. The first-order chi connectivity index (χ1) is 8.58. The predicted molar refractivity (Wildman–Crippen MR) is 69.4 cm³/mol. The maximum absolute atomic E-state index is 10.7. The average Bonchev–Trinajstić information content (AvgIpc) is 2.32. The van der Waals surface area contributed by atoms with Crippen molar-refractivity contribution in [3.05, 3.63) is 42.0 Å². The first-order valence-corrected chi connectivity index (χ1v) is 5.73. The van der Waals surface area contributed by atoms with Crippen molar-refractivity contribution in [1.29, 1.82) is 0 Å². The molecule has 4 heteroatoms. The smallest absolute Gasteiger partial charge is 0.404 e. The Morgan fingerprint density at radius 3 is 2.78 bits per heavy atom. The van der Waals surface area contributed by atoms with Gasteiger partial charge in [0.2, 0.25) is 0 Å². The summed E-state index contributed by atoms with van der Waals surface area (Å²) in [6.07, 6.45) is -0.753. The Bertz CT molecular complexity index is 580. The fourth-order valence-electron chi connectivity index (χ4n) is 2.07. The molecule has 2 aromatic rings. The van der Waals surface area contributed by atoms with Gasteiger partial charge in [-0.25, -0.2) is 4.79 Å². The first kappa shape index (κ1) is 12.2. The van der Waals surface area contributed by atoms with Gasteiger partial charge in [0, 0.05) is 12.0 Å². The van der Waals surface area contributed by atoms with Gasteiger partial charge in [-0.3, -0.25) is 0 Å². The van der Waals surface area contributed by atoms with Gasteiger partial charge in [-0.15, -0.1) is 0 Å². The van der Waals surface area contributed by atoms with Crippen molar-refractivity contribution in [2.75, 3.05) is 0 Å². The summed E-state index contributed by atoms with van der Waals surface area (Å²) in [4.78, 5) is 10.7. The summed E-state index contributed by atoms with van der Waals surface area (Å²) in [6.45, 7) is 1.74. The molecule has 1 amide bonds. The number of hydrogen-bond donors (Lipinski definition) is 2. The van der Waals surface area contributed by atoms with Gasteiger partial charge in [0.25, 0.3) is 0 Å². The van der Waals surface area contributed by atoms with E-state index in [1.807, 2.05) is 30.3 Å². The lowest BCUT2D eigenvalue weighted by Crippen LogP contribution is -2.22. The summed E-state index contributed by atoms with van der Waals surface area (Å²) >= 11 is 0. The van der Waals surface area contributed by atoms with Gasteiger partial charge in [-0.05, 0) is 23.8 Å². The number of carbonyl (C=O) groups is 1. The van der Waals surface area contributed by atoms with Crippen LogP contribution in [0.15, 0.2) is 36.4 Å². The molecule has 0 bridgehead atoms. The summed E-state index contributed by atoms with van der Waals surface area (Å²) < 4.78 is 4.89. The van der Waals surface area contributed by atoms with Gasteiger partial charge < -0.3 is 15.6 Å². The molecule has 0 saturated heterocycles. The highest BCUT2D eigenvalue weighted by molar-refractivity contribution is 5.87. The van der Waals surface area contributed by atoms with E-state index in [-0.39, 0.29) is 11.9 Å². The maximum Gasteiger partial charge on any atom is 0.404 e. The van der Waals surface area contributed by atoms with Crippen LogP contribution in [0.4, 0.5) is 4.79 Å². The SMILES string of the molecule is CC(Cc1c(O)ccc2ccccc12)OC(N)=O. The van der Waals surface area contributed by atoms with Crippen molar-refractivity contribution in [2.24, 2.45) is 5.73 Å². The molecule has 0 aliphatic heterocycles. The van der Waals surface area contributed by atoms with Crippen LogP contribution >= 0.6 is 0 Å². The van der Waals surface area contributed by atoms with E-state index in [1.54, 1.807) is 13.0 Å². The molecule has 4 nitrogen and oxygen atoms in total. The standard InChI is InChI=1S/C14H15NO3/c1-9(18-14(15)17)8-12-11-5-3-2-4-10(11)6-7-13(12)16/h2-7,9,16H,8H2,1H3,(H2,15,17). The van der Waals surface area contributed by atoms with E-state index in [0.717, 1.165) is 16.3 Å². The van der Waals surface area contributed by atoms with Gasteiger partial charge in [0.15, 0.2) is 0 Å². The van der Waals surface area contributed by atoms with E-state index >= 15 is 0 Å². The molecule has 3 N–H and O–H groups in total. The monoisotopic (exact) mass is 245 g/mol. The molecule has 0 spiro atoms. The molecule has 1 unspecified atom stereocenters. The summed E-state index contributed by atoms with van der Waals surface area (Å²) in [7, 11) is 0. The van der Waals surface area contributed by atoms with Crippen LogP contribution in [0, 0.1) is 0 Å². The number of phenolic OH excluding ortho intramolecular Hbond substituents is 1. The average molecular weight is 245 g/mol. The minimum absolute atomic E-state index is 0.202. The van der Waals surface area contributed by atoms with E-state index in [1.165, 1.54) is 0 Å². The highest BCUT2D eigenvalue weighted by Crippen LogP contribution is 2.28. The van der Waals surface area contributed by atoms with Crippen molar-refractivity contribution in [2.45, 2.75) is 19.4 Å². The number of phenols is 1. The van der Waals surface area contributed by atoms with Crippen LogP contribution in [0.2, 0.25) is 0 Å². The molecule has 0 fully saturated rings. The number of ether oxygens (including phenoxy) is 1. The topological polar surface area (TPSA) is 72.6 Å².